The molecule has 4 nitrogen and oxygen atoms in total. The predicted molar refractivity (Wildman–Crippen MR) is 97.4 cm³/mol. The van der Waals surface area contributed by atoms with Crippen molar-refractivity contribution in [1.82, 2.24) is 9.80 Å². The molecule has 1 aliphatic heterocycles. The van der Waals surface area contributed by atoms with Crippen LogP contribution in [-0.2, 0) is 10.3 Å². The van der Waals surface area contributed by atoms with Crippen LogP contribution in [-0.4, -0.2) is 60.8 Å². The summed E-state index contributed by atoms with van der Waals surface area (Å²) in [6.45, 7) is 7.25. The molecule has 0 radical (unpaired) electrons. The molecule has 1 heterocycles. The summed E-state index contributed by atoms with van der Waals surface area (Å²) in [5, 5.41) is 9.99. The summed E-state index contributed by atoms with van der Waals surface area (Å²) in [6, 6.07) is 8.62. The summed E-state index contributed by atoms with van der Waals surface area (Å²) >= 11 is 0. The molecule has 0 spiro atoms. The van der Waals surface area contributed by atoms with Gasteiger partial charge in [-0.25, -0.2) is 0 Å². The number of phenolic OH excluding ortho intramolecular Hbond substituents is 1. The van der Waals surface area contributed by atoms with Crippen molar-refractivity contribution in [2.45, 2.75) is 50.6 Å². The van der Waals surface area contributed by atoms with Crippen molar-refractivity contribution < 1.29 is 9.84 Å². The van der Waals surface area contributed by atoms with E-state index in [9.17, 15) is 5.11 Å². The molecule has 24 heavy (non-hydrogen) atoms. The van der Waals surface area contributed by atoms with E-state index in [-0.39, 0.29) is 5.54 Å². The minimum absolute atomic E-state index is 0.0670. The summed E-state index contributed by atoms with van der Waals surface area (Å²) in [7, 11) is 2.25. The second kappa shape index (κ2) is 7.85. The van der Waals surface area contributed by atoms with Gasteiger partial charge in [0.1, 0.15) is 5.75 Å². The molecule has 4 heteroatoms. The molecule has 0 atom stereocenters. The van der Waals surface area contributed by atoms with Gasteiger partial charge in [0.05, 0.1) is 13.2 Å². The van der Waals surface area contributed by atoms with Gasteiger partial charge in [0, 0.05) is 24.7 Å². The lowest BCUT2D eigenvalue weighted by atomic mass is 9.73. The largest absolute Gasteiger partial charge is 0.508 e. The topological polar surface area (TPSA) is 35.9 Å². The van der Waals surface area contributed by atoms with Crippen LogP contribution in [0.15, 0.2) is 24.3 Å². The van der Waals surface area contributed by atoms with Crippen LogP contribution < -0.4 is 0 Å². The van der Waals surface area contributed by atoms with Gasteiger partial charge in [-0.1, -0.05) is 19.1 Å². The van der Waals surface area contributed by atoms with Gasteiger partial charge in [0.15, 0.2) is 0 Å². The van der Waals surface area contributed by atoms with Crippen LogP contribution in [0.25, 0.3) is 0 Å². The standard InChI is InChI=1S/C20H32N2O2/c1-3-11-21(2)20(17-5-4-6-19(23)16-17)9-7-18(8-10-20)22-12-14-24-15-13-22/h4-6,16,18,23H,3,7-15H2,1-2H3. The Morgan fingerprint density at radius 3 is 2.58 bits per heavy atom. The van der Waals surface area contributed by atoms with E-state index >= 15 is 0 Å². The Kier molecular flexibility index (Phi) is 5.80. The fourth-order valence-electron chi connectivity index (χ4n) is 4.62. The first-order valence-corrected chi connectivity index (χ1v) is 9.48. The van der Waals surface area contributed by atoms with Crippen molar-refractivity contribution >= 4 is 0 Å². The van der Waals surface area contributed by atoms with Gasteiger partial charge in [-0.2, -0.15) is 0 Å². The molecule has 1 saturated heterocycles. The highest BCUT2D eigenvalue weighted by molar-refractivity contribution is 5.33. The molecular formula is C20H32N2O2. The van der Waals surface area contributed by atoms with E-state index in [4.69, 9.17) is 4.74 Å². The minimum atomic E-state index is 0.0670. The molecule has 2 fully saturated rings. The summed E-state index contributed by atoms with van der Waals surface area (Å²) < 4.78 is 5.51. The Morgan fingerprint density at radius 1 is 1.25 bits per heavy atom. The first kappa shape index (κ1) is 17.7. The van der Waals surface area contributed by atoms with Gasteiger partial charge >= 0.3 is 0 Å². The monoisotopic (exact) mass is 332 g/mol. The van der Waals surface area contributed by atoms with Crippen molar-refractivity contribution in [3.63, 3.8) is 0 Å². The van der Waals surface area contributed by atoms with Gasteiger partial charge in [-0.05, 0) is 63.4 Å². The molecular weight excluding hydrogens is 300 g/mol. The summed E-state index contributed by atoms with van der Waals surface area (Å²) in [6.07, 6.45) is 5.93. The Hall–Kier alpha value is -1.10. The fraction of sp³-hybridized carbons (Fsp3) is 0.700. The highest BCUT2D eigenvalue weighted by atomic mass is 16.5. The first-order valence-electron chi connectivity index (χ1n) is 9.48. The van der Waals surface area contributed by atoms with Crippen molar-refractivity contribution in [1.29, 1.82) is 0 Å². The van der Waals surface area contributed by atoms with Gasteiger partial charge < -0.3 is 9.84 Å². The molecule has 1 N–H and O–H groups in total. The molecule has 1 aromatic rings. The van der Waals surface area contributed by atoms with Crippen molar-refractivity contribution in [3.8, 4) is 5.75 Å². The third-order valence-corrected chi connectivity index (χ3v) is 6.02. The maximum absolute atomic E-state index is 9.99. The predicted octanol–water partition coefficient (Wildman–Crippen LogP) is 3.20. The number of aromatic hydroxyl groups is 1. The third kappa shape index (κ3) is 3.61. The van der Waals surface area contributed by atoms with E-state index in [0.29, 0.717) is 11.8 Å². The fourth-order valence-corrected chi connectivity index (χ4v) is 4.62. The van der Waals surface area contributed by atoms with Crippen LogP contribution in [0.3, 0.4) is 0 Å². The summed E-state index contributed by atoms with van der Waals surface area (Å²) in [4.78, 5) is 5.15. The van der Waals surface area contributed by atoms with Gasteiger partial charge in [-0.3, -0.25) is 9.80 Å². The highest BCUT2D eigenvalue weighted by Crippen LogP contribution is 2.43. The smallest absolute Gasteiger partial charge is 0.115 e. The van der Waals surface area contributed by atoms with Crippen LogP contribution in [0.1, 0.15) is 44.6 Å². The van der Waals surface area contributed by atoms with Crippen LogP contribution in [0.5, 0.6) is 5.75 Å². The number of morpholine rings is 1. The number of nitrogens with zero attached hydrogens (tertiary/aromatic N) is 2. The van der Waals surface area contributed by atoms with Crippen LogP contribution in [0, 0.1) is 0 Å². The van der Waals surface area contributed by atoms with Crippen LogP contribution >= 0.6 is 0 Å². The zero-order valence-electron chi connectivity index (χ0n) is 15.2. The molecule has 1 aliphatic carbocycles. The molecule has 134 valence electrons. The SMILES string of the molecule is CCCN(C)C1(c2cccc(O)c2)CCC(N2CCOCC2)CC1. The normalized spacial score (nSPS) is 29.0. The molecule has 0 amide bonds. The van der Waals surface area contributed by atoms with Crippen molar-refractivity contribution in [2.75, 3.05) is 39.9 Å². The zero-order valence-corrected chi connectivity index (χ0v) is 15.2. The summed E-state index contributed by atoms with van der Waals surface area (Å²) in [5.74, 6) is 0.382. The average Bonchev–Trinajstić information content (AvgIpc) is 2.63. The molecule has 2 aliphatic rings. The zero-order chi connectivity index (χ0) is 17.0. The Balaban J connectivity index is 1.77. The molecule has 0 unspecified atom stereocenters. The molecule has 3 rings (SSSR count). The number of hydrogen-bond donors (Lipinski definition) is 1. The molecule has 0 bridgehead atoms. The maximum Gasteiger partial charge on any atom is 0.115 e. The Labute approximate surface area is 146 Å². The minimum Gasteiger partial charge on any atom is -0.508 e. The first-order chi connectivity index (χ1) is 11.7. The molecule has 0 aromatic heterocycles. The average molecular weight is 332 g/mol. The van der Waals surface area contributed by atoms with E-state index in [1.54, 1.807) is 6.07 Å². The van der Waals surface area contributed by atoms with Gasteiger partial charge in [-0.15, -0.1) is 0 Å². The number of benzene rings is 1. The van der Waals surface area contributed by atoms with E-state index in [0.717, 1.165) is 52.1 Å². The van der Waals surface area contributed by atoms with E-state index in [1.165, 1.54) is 18.4 Å². The number of hydrogen-bond acceptors (Lipinski definition) is 4. The van der Waals surface area contributed by atoms with Gasteiger partial charge in [0.25, 0.3) is 0 Å². The number of phenols is 1. The lowest BCUT2D eigenvalue weighted by Crippen LogP contribution is -2.52. The third-order valence-electron chi connectivity index (χ3n) is 6.02. The second-order valence-corrected chi connectivity index (χ2v) is 7.38. The Bertz CT molecular complexity index is 520. The second-order valence-electron chi connectivity index (χ2n) is 7.38. The quantitative estimate of drug-likeness (QED) is 0.898. The lowest BCUT2D eigenvalue weighted by molar-refractivity contribution is -0.0154. The van der Waals surface area contributed by atoms with Crippen molar-refractivity contribution in [3.05, 3.63) is 29.8 Å². The van der Waals surface area contributed by atoms with Crippen LogP contribution in [0.2, 0.25) is 0 Å². The van der Waals surface area contributed by atoms with E-state index in [2.05, 4.69) is 29.8 Å². The van der Waals surface area contributed by atoms with E-state index < -0.39 is 0 Å². The van der Waals surface area contributed by atoms with E-state index in [1.807, 2.05) is 12.1 Å². The maximum atomic E-state index is 9.99. The molecule has 1 aromatic carbocycles. The van der Waals surface area contributed by atoms with Gasteiger partial charge in [0.2, 0.25) is 0 Å². The highest BCUT2D eigenvalue weighted by Gasteiger charge is 2.41. The van der Waals surface area contributed by atoms with Crippen molar-refractivity contribution in [2.24, 2.45) is 0 Å². The Morgan fingerprint density at radius 2 is 1.96 bits per heavy atom. The van der Waals surface area contributed by atoms with Crippen LogP contribution in [0.4, 0.5) is 0 Å². The molecule has 1 saturated carbocycles. The number of ether oxygens (including phenoxy) is 1. The number of rotatable bonds is 5. The lowest BCUT2D eigenvalue weighted by Gasteiger charge is -2.49. The summed E-state index contributed by atoms with van der Waals surface area (Å²) in [5.41, 5.74) is 1.34.